The van der Waals surface area contributed by atoms with Crippen molar-refractivity contribution < 1.29 is 24.0 Å². The number of piperazine rings is 2. The zero-order chi connectivity index (χ0) is 26.1. The van der Waals surface area contributed by atoms with Crippen molar-refractivity contribution in [1.82, 2.24) is 20.0 Å². The van der Waals surface area contributed by atoms with E-state index in [0.29, 0.717) is 31.7 Å². The highest BCUT2D eigenvalue weighted by atomic mass is 32.2. The summed E-state index contributed by atoms with van der Waals surface area (Å²) < 4.78 is 0. The van der Waals surface area contributed by atoms with E-state index in [1.54, 1.807) is 35.3 Å². The average molecular weight is 531 g/mol. The first-order valence-corrected chi connectivity index (χ1v) is 14.6. The molecule has 0 aromatic heterocycles. The second kappa shape index (κ2) is 13.9. The first kappa shape index (κ1) is 29.2. The zero-order valence-electron chi connectivity index (χ0n) is 20.7. The molecule has 2 saturated heterocycles. The van der Waals surface area contributed by atoms with Crippen molar-refractivity contribution >= 4 is 53.1 Å². The van der Waals surface area contributed by atoms with E-state index >= 15 is 0 Å². The second-order valence-corrected chi connectivity index (χ2v) is 10.8. The minimum absolute atomic E-state index is 0.0418. The average Bonchev–Trinajstić information content (AvgIpc) is 2.81. The molecule has 2 fully saturated rings. The molecule has 2 aliphatic heterocycles. The number of hydrogen-bond donors (Lipinski definition) is 3. The molecule has 0 saturated carbocycles. The van der Waals surface area contributed by atoms with Gasteiger partial charge in [0.25, 0.3) is 0 Å². The van der Waals surface area contributed by atoms with Gasteiger partial charge in [0.05, 0.1) is 6.04 Å². The normalized spacial score (nSPS) is 22.8. The molecule has 35 heavy (non-hydrogen) atoms. The number of primary amides is 2. The maximum Gasteiger partial charge on any atom is 0.246 e. The van der Waals surface area contributed by atoms with Crippen molar-refractivity contribution in [2.75, 3.05) is 50.2 Å². The minimum Gasteiger partial charge on any atom is -0.370 e. The lowest BCUT2D eigenvalue weighted by atomic mass is 10.0. The van der Waals surface area contributed by atoms with Crippen LogP contribution in [0.2, 0.25) is 0 Å². The minimum atomic E-state index is -0.964. The lowest BCUT2D eigenvalue weighted by Crippen LogP contribution is -2.66. The van der Waals surface area contributed by atoms with E-state index in [1.807, 2.05) is 12.5 Å². The molecule has 2 rings (SSSR count). The Balaban J connectivity index is 2.19. The van der Waals surface area contributed by atoms with Gasteiger partial charge in [-0.25, -0.2) is 0 Å². The molecular weight excluding hydrogens is 492 g/mol. The standard InChI is InChI=1S/C22H38N6O5S2/c1-14-20(31)28(16(19(24)30)4-5-18(23)29)11-10-26(14)22(33)17(7-13-35-3)27-9-8-25-15(21(27)32)6-12-34-2/h14-17,25H,4-13H2,1-3H3,(H2,23,29)(H2,24,30)/t14-,15-,16-,17-/m0/s1. The van der Waals surface area contributed by atoms with Crippen LogP contribution in [-0.2, 0) is 24.0 Å². The molecule has 0 bridgehead atoms. The van der Waals surface area contributed by atoms with E-state index in [9.17, 15) is 24.0 Å². The number of nitrogens with one attached hydrogen (secondary N) is 1. The molecule has 0 aromatic carbocycles. The Kier molecular flexibility index (Phi) is 11.6. The Labute approximate surface area is 215 Å². The topological polar surface area (TPSA) is 159 Å². The molecule has 0 aromatic rings. The molecule has 0 spiro atoms. The van der Waals surface area contributed by atoms with Gasteiger partial charge in [-0.3, -0.25) is 24.0 Å². The fourth-order valence-corrected chi connectivity index (χ4v) is 5.53. The molecule has 0 unspecified atom stereocenters. The summed E-state index contributed by atoms with van der Waals surface area (Å²) >= 11 is 3.27. The van der Waals surface area contributed by atoms with Crippen LogP contribution < -0.4 is 16.8 Å². The highest BCUT2D eigenvalue weighted by Gasteiger charge is 2.43. The van der Waals surface area contributed by atoms with Gasteiger partial charge in [0, 0.05) is 32.6 Å². The van der Waals surface area contributed by atoms with Gasteiger partial charge in [-0.1, -0.05) is 0 Å². The molecule has 0 aliphatic carbocycles. The van der Waals surface area contributed by atoms with E-state index in [2.05, 4.69) is 5.32 Å². The van der Waals surface area contributed by atoms with Crippen LogP contribution in [0, 0.1) is 0 Å². The van der Waals surface area contributed by atoms with E-state index < -0.39 is 35.8 Å². The zero-order valence-corrected chi connectivity index (χ0v) is 22.4. The number of amides is 5. The predicted octanol–water partition coefficient (Wildman–Crippen LogP) is -1.16. The van der Waals surface area contributed by atoms with Crippen LogP contribution in [0.25, 0.3) is 0 Å². The number of carbonyl (C=O) groups excluding carboxylic acids is 5. The lowest BCUT2D eigenvalue weighted by Gasteiger charge is -2.45. The maximum atomic E-state index is 13.7. The van der Waals surface area contributed by atoms with Crippen LogP contribution in [0.5, 0.6) is 0 Å². The van der Waals surface area contributed by atoms with Gasteiger partial charge in [-0.05, 0) is 50.2 Å². The van der Waals surface area contributed by atoms with Gasteiger partial charge in [0.15, 0.2) is 0 Å². The lowest BCUT2D eigenvalue weighted by molar-refractivity contribution is -0.159. The molecule has 0 radical (unpaired) electrons. The second-order valence-electron chi connectivity index (χ2n) is 8.78. The van der Waals surface area contributed by atoms with Crippen molar-refractivity contribution in [1.29, 1.82) is 0 Å². The van der Waals surface area contributed by atoms with E-state index in [4.69, 9.17) is 11.5 Å². The molecular formula is C22H38N6O5S2. The number of thioether (sulfide) groups is 2. The van der Waals surface area contributed by atoms with Gasteiger partial charge in [0.2, 0.25) is 29.5 Å². The van der Waals surface area contributed by atoms with Crippen LogP contribution in [-0.4, -0.2) is 119 Å². The van der Waals surface area contributed by atoms with E-state index in [0.717, 1.165) is 5.75 Å². The van der Waals surface area contributed by atoms with Crippen molar-refractivity contribution in [3.8, 4) is 0 Å². The highest BCUT2D eigenvalue weighted by molar-refractivity contribution is 7.98. The number of nitrogens with zero attached hydrogens (tertiary/aromatic N) is 3. The molecule has 198 valence electrons. The van der Waals surface area contributed by atoms with Gasteiger partial charge in [-0.15, -0.1) is 0 Å². The smallest absolute Gasteiger partial charge is 0.246 e. The molecule has 5 N–H and O–H groups in total. The summed E-state index contributed by atoms with van der Waals surface area (Å²) in [6.07, 6.45) is 5.08. The summed E-state index contributed by atoms with van der Waals surface area (Å²) in [5, 5.41) is 3.26. The van der Waals surface area contributed by atoms with Crippen LogP contribution in [0.15, 0.2) is 0 Å². The van der Waals surface area contributed by atoms with Crippen LogP contribution in [0.1, 0.15) is 32.6 Å². The number of nitrogens with two attached hydrogens (primary N) is 2. The van der Waals surface area contributed by atoms with E-state index in [-0.39, 0.29) is 43.8 Å². The number of carbonyl (C=O) groups is 5. The van der Waals surface area contributed by atoms with Crippen molar-refractivity contribution in [3.05, 3.63) is 0 Å². The van der Waals surface area contributed by atoms with E-state index in [1.165, 1.54) is 9.80 Å². The summed E-state index contributed by atoms with van der Waals surface area (Å²) in [6.45, 7) is 2.97. The Hall–Kier alpha value is -1.99. The summed E-state index contributed by atoms with van der Waals surface area (Å²) in [5.41, 5.74) is 10.7. The first-order valence-electron chi connectivity index (χ1n) is 11.8. The monoisotopic (exact) mass is 530 g/mol. The third-order valence-electron chi connectivity index (χ3n) is 6.53. The SMILES string of the molecule is CSCC[C@@H]1NCCN([C@@H](CCSC)C(=O)N2CCN([C@@H](CCC(N)=O)C(N)=O)C(=O)[C@@H]2C)C1=O. The molecule has 5 amide bonds. The van der Waals surface area contributed by atoms with Gasteiger partial charge in [-0.2, -0.15) is 23.5 Å². The maximum absolute atomic E-state index is 13.7. The molecule has 13 heteroatoms. The Morgan fingerprint density at radius 2 is 1.63 bits per heavy atom. The van der Waals surface area contributed by atoms with Gasteiger partial charge < -0.3 is 31.5 Å². The molecule has 2 heterocycles. The third kappa shape index (κ3) is 7.50. The summed E-state index contributed by atoms with van der Waals surface area (Å²) in [7, 11) is 0. The van der Waals surface area contributed by atoms with Crippen molar-refractivity contribution in [2.45, 2.75) is 56.8 Å². The first-order chi connectivity index (χ1) is 16.6. The Morgan fingerprint density at radius 1 is 0.971 bits per heavy atom. The van der Waals surface area contributed by atoms with Crippen LogP contribution >= 0.6 is 23.5 Å². The van der Waals surface area contributed by atoms with Gasteiger partial charge in [0.1, 0.15) is 18.1 Å². The van der Waals surface area contributed by atoms with Gasteiger partial charge >= 0.3 is 0 Å². The van der Waals surface area contributed by atoms with Crippen LogP contribution in [0.4, 0.5) is 0 Å². The molecule has 11 nitrogen and oxygen atoms in total. The highest BCUT2D eigenvalue weighted by Crippen LogP contribution is 2.22. The largest absolute Gasteiger partial charge is 0.370 e. The fourth-order valence-electron chi connectivity index (χ4n) is 4.59. The van der Waals surface area contributed by atoms with Crippen molar-refractivity contribution in [2.24, 2.45) is 11.5 Å². The summed E-state index contributed by atoms with van der Waals surface area (Å²) in [4.78, 5) is 67.8. The fraction of sp³-hybridized carbons (Fsp3) is 0.773. The predicted molar refractivity (Wildman–Crippen MR) is 138 cm³/mol. The molecule has 2 aliphatic rings. The van der Waals surface area contributed by atoms with Crippen molar-refractivity contribution in [3.63, 3.8) is 0 Å². The summed E-state index contributed by atoms with van der Waals surface area (Å²) in [5.74, 6) is -0.515. The third-order valence-corrected chi connectivity index (χ3v) is 7.82. The Morgan fingerprint density at radius 3 is 2.23 bits per heavy atom. The number of hydrogen-bond acceptors (Lipinski definition) is 8. The quantitative estimate of drug-likeness (QED) is 0.269. The number of rotatable bonds is 13. The summed E-state index contributed by atoms with van der Waals surface area (Å²) in [6, 6.07) is -2.77. The van der Waals surface area contributed by atoms with Crippen LogP contribution in [0.3, 0.4) is 0 Å². The Bertz CT molecular complexity index is 800. The molecule has 4 atom stereocenters.